The summed E-state index contributed by atoms with van der Waals surface area (Å²) in [6, 6.07) is 11.3. The van der Waals surface area contributed by atoms with Gasteiger partial charge in [-0.2, -0.15) is 0 Å². The van der Waals surface area contributed by atoms with Gasteiger partial charge in [-0.25, -0.2) is 4.98 Å². The molecule has 1 atom stereocenters. The largest absolute Gasteiger partial charge is 0.375 e. The molecule has 120 valence electrons. The maximum absolute atomic E-state index is 5.70. The summed E-state index contributed by atoms with van der Waals surface area (Å²) in [6.07, 6.45) is 3.13. The van der Waals surface area contributed by atoms with E-state index in [4.69, 9.17) is 5.73 Å². The number of halogens is 1. The lowest BCUT2D eigenvalue weighted by atomic mass is 10.2. The molecule has 2 aromatic rings. The van der Waals surface area contributed by atoms with E-state index in [0.717, 1.165) is 19.6 Å². The molecule has 2 heterocycles. The number of nitrogens with zero attached hydrogens (tertiary/aromatic N) is 3. The predicted octanol–water partition coefficient (Wildman–Crippen LogP) is 2.85. The zero-order chi connectivity index (χ0) is 14.7. The lowest BCUT2D eigenvalue weighted by molar-refractivity contribution is 0.224. The number of likely N-dealkylation sites (tertiary alicyclic amines) is 1. The number of hydrogen-bond donors (Lipinski definition) is 1. The molecule has 2 N–H and O–H groups in total. The first kappa shape index (κ1) is 17.2. The van der Waals surface area contributed by atoms with E-state index in [1.807, 2.05) is 6.20 Å². The number of likely N-dealkylation sites (N-methyl/N-ethyl adjacent to an activating group) is 1. The number of benzene rings is 1. The Morgan fingerprint density at radius 1 is 1.36 bits per heavy atom. The molecule has 4 nitrogen and oxygen atoms in total. The molecule has 0 radical (unpaired) electrons. The number of nitrogens with two attached hydrogens (primary N) is 1. The van der Waals surface area contributed by atoms with Gasteiger partial charge in [0.05, 0.1) is 0 Å². The second-order valence-electron chi connectivity index (χ2n) is 5.74. The van der Waals surface area contributed by atoms with E-state index < -0.39 is 0 Å². The number of hydrogen-bond acceptors (Lipinski definition) is 5. The van der Waals surface area contributed by atoms with Gasteiger partial charge in [-0.1, -0.05) is 30.3 Å². The minimum absolute atomic E-state index is 0. The second kappa shape index (κ2) is 7.92. The molecule has 0 aliphatic carbocycles. The highest BCUT2D eigenvalue weighted by Crippen LogP contribution is 2.21. The van der Waals surface area contributed by atoms with Crippen LogP contribution in [0.25, 0.3) is 0 Å². The maximum Gasteiger partial charge on any atom is 0.180 e. The van der Waals surface area contributed by atoms with Gasteiger partial charge in [-0.15, -0.1) is 23.7 Å². The molecular weight excluding hydrogens is 316 g/mol. The van der Waals surface area contributed by atoms with Crippen LogP contribution in [0.1, 0.15) is 16.9 Å². The summed E-state index contributed by atoms with van der Waals surface area (Å²) in [5.74, 6) is 0. The summed E-state index contributed by atoms with van der Waals surface area (Å²) < 4.78 is 0. The Hall–Kier alpha value is -1.14. The van der Waals surface area contributed by atoms with Crippen LogP contribution < -0.4 is 5.73 Å². The fourth-order valence-corrected chi connectivity index (χ4v) is 3.68. The molecule has 0 amide bonds. The smallest absolute Gasteiger partial charge is 0.180 e. The van der Waals surface area contributed by atoms with Gasteiger partial charge in [-0.3, -0.25) is 9.80 Å². The minimum atomic E-state index is 0. The number of nitrogen functional groups attached to an aromatic ring is 1. The lowest BCUT2D eigenvalue weighted by Crippen LogP contribution is -2.33. The highest BCUT2D eigenvalue weighted by atomic mass is 35.5. The molecule has 3 rings (SSSR count). The van der Waals surface area contributed by atoms with E-state index in [1.54, 1.807) is 11.3 Å². The Morgan fingerprint density at radius 3 is 2.82 bits per heavy atom. The van der Waals surface area contributed by atoms with Gasteiger partial charge >= 0.3 is 0 Å². The molecule has 0 bridgehead atoms. The molecule has 22 heavy (non-hydrogen) atoms. The van der Waals surface area contributed by atoms with E-state index in [-0.39, 0.29) is 12.4 Å². The van der Waals surface area contributed by atoms with Crippen LogP contribution in [-0.4, -0.2) is 41.0 Å². The first-order valence-corrected chi connectivity index (χ1v) is 8.19. The first-order chi connectivity index (χ1) is 10.2. The van der Waals surface area contributed by atoms with Crippen molar-refractivity contribution in [3.05, 3.63) is 47.0 Å². The van der Waals surface area contributed by atoms with Gasteiger partial charge in [0.15, 0.2) is 5.13 Å². The summed E-state index contributed by atoms with van der Waals surface area (Å²) >= 11 is 1.59. The van der Waals surface area contributed by atoms with Crippen LogP contribution in [0.5, 0.6) is 0 Å². The van der Waals surface area contributed by atoms with Crippen molar-refractivity contribution in [2.75, 3.05) is 25.9 Å². The quantitative estimate of drug-likeness (QED) is 0.910. The van der Waals surface area contributed by atoms with Gasteiger partial charge in [0, 0.05) is 43.3 Å². The normalized spacial score (nSPS) is 18.5. The molecule has 1 saturated heterocycles. The summed E-state index contributed by atoms with van der Waals surface area (Å²) in [7, 11) is 2.20. The van der Waals surface area contributed by atoms with Gasteiger partial charge in [0.1, 0.15) is 0 Å². The molecule has 0 spiro atoms. The molecule has 0 saturated carbocycles. The van der Waals surface area contributed by atoms with Crippen LogP contribution in [0.15, 0.2) is 36.5 Å². The zero-order valence-corrected chi connectivity index (χ0v) is 14.4. The third kappa shape index (κ3) is 4.43. The number of thiazole rings is 1. The fraction of sp³-hybridized carbons (Fsp3) is 0.438. The third-order valence-corrected chi connectivity index (χ3v) is 4.91. The van der Waals surface area contributed by atoms with Crippen LogP contribution in [0.4, 0.5) is 5.13 Å². The highest BCUT2D eigenvalue weighted by molar-refractivity contribution is 7.15. The van der Waals surface area contributed by atoms with E-state index in [1.165, 1.54) is 23.4 Å². The van der Waals surface area contributed by atoms with Crippen molar-refractivity contribution in [3.63, 3.8) is 0 Å². The minimum Gasteiger partial charge on any atom is -0.375 e. The van der Waals surface area contributed by atoms with Crippen molar-refractivity contribution in [1.82, 2.24) is 14.8 Å². The lowest BCUT2D eigenvalue weighted by Gasteiger charge is -2.24. The van der Waals surface area contributed by atoms with Gasteiger partial charge < -0.3 is 5.73 Å². The predicted molar refractivity (Wildman–Crippen MR) is 95.4 cm³/mol. The first-order valence-electron chi connectivity index (χ1n) is 7.37. The van der Waals surface area contributed by atoms with Gasteiger partial charge in [0.25, 0.3) is 0 Å². The Labute approximate surface area is 142 Å². The summed E-state index contributed by atoms with van der Waals surface area (Å²) in [6.45, 7) is 4.31. The third-order valence-electron chi connectivity index (χ3n) is 4.10. The zero-order valence-electron chi connectivity index (χ0n) is 12.8. The van der Waals surface area contributed by atoms with Crippen molar-refractivity contribution in [3.8, 4) is 0 Å². The number of anilines is 1. The van der Waals surface area contributed by atoms with Crippen LogP contribution in [0.3, 0.4) is 0 Å². The van der Waals surface area contributed by atoms with Crippen LogP contribution in [0, 0.1) is 0 Å². The van der Waals surface area contributed by atoms with E-state index >= 15 is 0 Å². The standard InChI is InChI=1S/C16H22N4S.ClH/c1-19(12-15-9-18-16(17)21-15)14-7-8-20(11-14)10-13-5-3-2-4-6-13;/h2-6,9,14H,7-8,10-12H2,1H3,(H2,17,18);1H. The number of aromatic nitrogens is 1. The molecule has 1 aliphatic heterocycles. The molecule has 1 unspecified atom stereocenters. The molecular formula is C16H23ClN4S. The topological polar surface area (TPSA) is 45.4 Å². The fourth-order valence-electron chi connectivity index (χ4n) is 2.93. The summed E-state index contributed by atoms with van der Waals surface area (Å²) in [5.41, 5.74) is 7.10. The van der Waals surface area contributed by atoms with Crippen LogP contribution in [-0.2, 0) is 13.1 Å². The SMILES string of the molecule is CN(Cc1cnc(N)s1)C1CCN(Cc2ccccc2)C1.Cl. The van der Waals surface area contributed by atoms with Crippen molar-refractivity contribution < 1.29 is 0 Å². The molecule has 1 aromatic heterocycles. The van der Waals surface area contributed by atoms with Crippen molar-refractivity contribution in [2.45, 2.75) is 25.6 Å². The summed E-state index contributed by atoms with van der Waals surface area (Å²) in [4.78, 5) is 10.3. The Bertz CT molecular complexity index is 575. The monoisotopic (exact) mass is 338 g/mol. The van der Waals surface area contributed by atoms with E-state index in [9.17, 15) is 0 Å². The molecule has 1 fully saturated rings. The van der Waals surface area contributed by atoms with Crippen LogP contribution in [0.2, 0.25) is 0 Å². The van der Waals surface area contributed by atoms with Gasteiger partial charge in [-0.05, 0) is 19.0 Å². The number of rotatable bonds is 5. The highest BCUT2D eigenvalue weighted by Gasteiger charge is 2.25. The Kier molecular flexibility index (Phi) is 6.20. The molecule has 6 heteroatoms. The van der Waals surface area contributed by atoms with E-state index in [0.29, 0.717) is 11.2 Å². The van der Waals surface area contributed by atoms with Crippen LogP contribution >= 0.6 is 23.7 Å². The Balaban J connectivity index is 0.00000176. The Morgan fingerprint density at radius 2 is 2.14 bits per heavy atom. The van der Waals surface area contributed by atoms with Crippen molar-refractivity contribution in [2.24, 2.45) is 0 Å². The van der Waals surface area contributed by atoms with Gasteiger partial charge in [0.2, 0.25) is 0 Å². The maximum atomic E-state index is 5.70. The summed E-state index contributed by atoms with van der Waals surface area (Å²) in [5, 5.41) is 0.663. The molecule has 1 aromatic carbocycles. The van der Waals surface area contributed by atoms with Crippen molar-refractivity contribution in [1.29, 1.82) is 0 Å². The average Bonchev–Trinajstić information content (AvgIpc) is 3.09. The second-order valence-corrected chi connectivity index (χ2v) is 6.89. The average molecular weight is 339 g/mol. The molecule has 1 aliphatic rings. The van der Waals surface area contributed by atoms with E-state index in [2.05, 4.69) is 52.2 Å². The van der Waals surface area contributed by atoms with Crippen molar-refractivity contribution >= 4 is 28.9 Å².